The molecule has 4 heteroatoms. The van der Waals surface area contributed by atoms with Crippen LogP contribution in [0.25, 0.3) is 0 Å². The van der Waals surface area contributed by atoms with E-state index in [2.05, 4.69) is 10.2 Å². The largest absolute Gasteiger partial charge is 0.494 e. The Morgan fingerprint density at radius 1 is 1.30 bits per heavy atom. The molecular weight excluding hydrogens is 288 g/mol. The molecule has 4 nitrogen and oxygen atoms in total. The van der Waals surface area contributed by atoms with Gasteiger partial charge in [0.05, 0.1) is 12.5 Å². The van der Waals surface area contributed by atoms with Gasteiger partial charge in [-0.25, -0.2) is 0 Å². The molecule has 0 bridgehead atoms. The number of para-hydroxylation sites is 1. The number of nitrogens with zero attached hydrogens (tertiary/aromatic N) is 1. The second-order valence-corrected chi connectivity index (χ2v) is 7.39. The van der Waals surface area contributed by atoms with Crippen molar-refractivity contribution in [3.05, 3.63) is 30.3 Å². The summed E-state index contributed by atoms with van der Waals surface area (Å²) in [6.07, 6.45) is 3.09. The first-order valence-electron chi connectivity index (χ1n) is 8.66. The molecule has 2 rings (SSSR count). The van der Waals surface area contributed by atoms with Gasteiger partial charge in [-0.15, -0.1) is 0 Å². The topological polar surface area (TPSA) is 41.6 Å². The molecule has 1 unspecified atom stereocenters. The van der Waals surface area contributed by atoms with Gasteiger partial charge in [-0.1, -0.05) is 18.2 Å². The average molecular weight is 318 g/mol. The highest BCUT2D eigenvalue weighted by molar-refractivity contribution is 5.79. The molecule has 1 aromatic carbocycles. The van der Waals surface area contributed by atoms with Crippen LogP contribution in [0.3, 0.4) is 0 Å². The van der Waals surface area contributed by atoms with Crippen LogP contribution in [-0.4, -0.2) is 42.6 Å². The van der Waals surface area contributed by atoms with E-state index in [4.69, 9.17) is 4.74 Å². The Hall–Kier alpha value is -1.55. The first kappa shape index (κ1) is 17.8. The number of nitrogens with one attached hydrogen (secondary N) is 1. The molecule has 1 aliphatic rings. The van der Waals surface area contributed by atoms with Crippen molar-refractivity contribution < 1.29 is 9.53 Å². The fourth-order valence-electron chi connectivity index (χ4n) is 2.94. The Balaban J connectivity index is 1.68. The van der Waals surface area contributed by atoms with Gasteiger partial charge in [0.15, 0.2) is 0 Å². The predicted molar refractivity (Wildman–Crippen MR) is 93.6 cm³/mol. The van der Waals surface area contributed by atoms with E-state index in [1.165, 1.54) is 0 Å². The summed E-state index contributed by atoms with van der Waals surface area (Å²) in [5, 5.41) is 3.11. The number of carbonyl (C=O) groups excluding carboxylic acids is 1. The summed E-state index contributed by atoms with van der Waals surface area (Å²) in [5.74, 6) is 1.24. The minimum absolute atomic E-state index is 0.123. The molecule has 1 aromatic rings. The van der Waals surface area contributed by atoms with E-state index in [1.807, 2.05) is 51.1 Å². The number of carbonyl (C=O) groups is 1. The standard InChI is InChI=1S/C19H30N2O2/c1-19(2,3)20-18(22)16-9-7-12-21(15-16)13-8-14-23-17-10-5-4-6-11-17/h4-6,10-11,16H,7-9,12-15H2,1-3H3,(H,20,22). The van der Waals surface area contributed by atoms with Crippen molar-refractivity contribution in [2.75, 3.05) is 26.2 Å². The van der Waals surface area contributed by atoms with Gasteiger partial charge in [0.1, 0.15) is 5.75 Å². The molecule has 1 heterocycles. The Morgan fingerprint density at radius 3 is 2.74 bits per heavy atom. The quantitative estimate of drug-likeness (QED) is 0.820. The van der Waals surface area contributed by atoms with Crippen LogP contribution in [0.4, 0.5) is 0 Å². The highest BCUT2D eigenvalue weighted by Crippen LogP contribution is 2.18. The maximum Gasteiger partial charge on any atom is 0.224 e. The minimum Gasteiger partial charge on any atom is -0.494 e. The van der Waals surface area contributed by atoms with E-state index < -0.39 is 0 Å². The number of likely N-dealkylation sites (tertiary alicyclic amines) is 1. The highest BCUT2D eigenvalue weighted by atomic mass is 16.5. The number of rotatable bonds is 6. The van der Waals surface area contributed by atoms with Gasteiger partial charge in [0, 0.05) is 18.6 Å². The van der Waals surface area contributed by atoms with Gasteiger partial charge in [0.25, 0.3) is 0 Å². The van der Waals surface area contributed by atoms with E-state index in [-0.39, 0.29) is 17.4 Å². The average Bonchev–Trinajstić information content (AvgIpc) is 2.51. The molecule has 0 spiro atoms. The number of benzene rings is 1. The van der Waals surface area contributed by atoms with Gasteiger partial charge in [-0.05, 0) is 58.7 Å². The Kier molecular flexibility index (Phi) is 6.46. The molecule has 0 radical (unpaired) electrons. The zero-order valence-electron chi connectivity index (χ0n) is 14.7. The van der Waals surface area contributed by atoms with E-state index >= 15 is 0 Å². The van der Waals surface area contributed by atoms with Crippen molar-refractivity contribution in [3.63, 3.8) is 0 Å². The summed E-state index contributed by atoms with van der Waals surface area (Å²) in [4.78, 5) is 14.7. The molecule has 1 fully saturated rings. The molecule has 0 aromatic heterocycles. The molecule has 1 amide bonds. The normalized spacial score (nSPS) is 19.3. The highest BCUT2D eigenvalue weighted by Gasteiger charge is 2.27. The van der Waals surface area contributed by atoms with Crippen LogP contribution in [0, 0.1) is 5.92 Å². The second-order valence-electron chi connectivity index (χ2n) is 7.39. The monoisotopic (exact) mass is 318 g/mol. The van der Waals surface area contributed by atoms with Crippen LogP contribution in [0.5, 0.6) is 5.75 Å². The zero-order valence-corrected chi connectivity index (χ0v) is 14.7. The molecule has 128 valence electrons. The van der Waals surface area contributed by atoms with E-state index in [0.29, 0.717) is 0 Å². The second kappa shape index (κ2) is 8.34. The first-order valence-corrected chi connectivity index (χ1v) is 8.66. The Morgan fingerprint density at radius 2 is 2.04 bits per heavy atom. The maximum atomic E-state index is 12.3. The number of amides is 1. The van der Waals surface area contributed by atoms with Gasteiger partial charge in [0.2, 0.25) is 5.91 Å². The fourth-order valence-corrected chi connectivity index (χ4v) is 2.94. The third kappa shape index (κ3) is 6.61. The molecule has 1 atom stereocenters. The number of hydrogen-bond donors (Lipinski definition) is 1. The minimum atomic E-state index is -0.150. The molecule has 0 aliphatic carbocycles. The van der Waals surface area contributed by atoms with Crippen LogP contribution in [0.2, 0.25) is 0 Å². The van der Waals surface area contributed by atoms with Gasteiger partial charge in [-0.3, -0.25) is 4.79 Å². The summed E-state index contributed by atoms with van der Waals surface area (Å²) < 4.78 is 5.73. The van der Waals surface area contributed by atoms with Crippen molar-refractivity contribution in [2.45, 2.75) is 45.6 Å². The molecule has 1 aliphatic heterocycles. The Bertz CT molecular complexity index is 482. The molecule has 23 heavy (non-hydrogen) atoms. The smallest absolute Gasteiger partial charge is 0.224 e. The Labute approximate surface area is 140 Å². The maximum absolute atomic E-state index is 12.3. The summed E-state index contributed by atoms with van der Waals surface area (Å²) in [7, 11) is 0. The predicted octanol–water partition coefficient (Wildman–Crippen LogP) is 3.08. The van der Waals surface area contributed by atoms with Crippen LogP contribution in [0.15, 0.2) is 30.3 Å². The third-order valence-corrected chi connectivity index (χ3v) is 4.01. The lowest BCUT2D eigenvalue weighted by Gasteiger charge is -2.33. The van der Waals surface area contributed by atoms with Crippen molar-refractivity contribution in [1.29, 1.82) is 0 Å². The van der Waals surface area contributed by atoms with E-state index in [9.17, 15) is 4.79 Å². The SMILES string of the molecule is CC(C)(C)NC(=O)C1CCCN(CCCOc2ccccc2)C1. The summed E-state index contributed by atoms with van der Waals surface area (Å²) >= 11 is 0. The first-order chi connectivity index (χ1) is 10.9. The fraction of sp³-hybridized carbons (Fsp3) is 0.632. The molecule has 1 N–H and O–H groups in total. The van der Waals surface area contributed by atoms with E-state index in [0.717, 1.165) is 51.3 Å². The van der Waals surface area contributed by atoms with Crippen molar-refractivity contribution >= 4 is 5.91 Å². The lowest BCUT2D eigenvalue weighted by atomic mass is 9.95. The summed E-state index contributed by atoms with van der Waals surface area (Å²) in [5.41, 5.74) is -0.150. The van der Waals surface area contributed by atoms with Crippen molar-refractivity contribution in [1.82, 2.24) is 10.2 Å². The van der Waals surface area contributed by atoms with E-state index in [1.54, 1.807) is 0 Å². The molecular formula is C19H30N2O2. The zero-order chi connectivity index (χ0) is 16.7. The molecule has 0 saturated carbocycles. The third-order valence-electron chi connectivity index (χ3n) is 4.01. The number of hydrogen-bond acceptors (Lipinski definition) is 3. The number of ether oxygens (including phenoxy) is 1. The van der Waals surface area contributed by atoms with Crippen LogP contribution in [-0.2, 0) is 4.79 Å². The van der Waals surface area contributed by atoms with Crippen LogP contribution in [0.1, 0.15) is 40.0 Å². The lowest BCUT2D eigenvalue weighted by molar-refractivity contribution is -0.128. The molecule has 1 saturated heterocycles. The number of piperidine rings is 1. The van der Waals surface area contributed by atoms with Crippen LogP contribution < -0.4 is 10.1 Å². The van der Waals surface area contributed by atoms with Gasteiger partial charge < -0.3 is 15.0 Å². The van der Waals surface area contributed by atoms with Gasteiger partial charge in [-0.2, -0.15) is 0 Å². The van der Waals surface area contributed by atoms with Crippen LogP contribution >= 0.6 is 0 Å². The summed E-state index contributed by atoms with van der Waals surface area (Å²) in [6, 6.07) is 9.92. The van der Waals surface area contributed by atoms with Crippen molar-refractivity contribution in [2.24, 2.45) is 5.92 Å². The summed E-state index contributed by atoms with van der Waals surface area (Å²) in [6.45, 7) is 9.77. The van der Waals surface area contributed by atoms with Gasteiger partial charge >= 0.3 is 0 Å². The lowest BCUT2D eigenvalue weighted by Crippen LogP contribution is -2.48. The van der Waals surface area contributed by atoms with Crippen molar-refractivity contribution in [3.8, 4) is 5.75 Å².